The van der Waals surface area contributed by atoms with Gasteiger partial charge in [-0.15, -0.1) is 0 Å². The van der Waals surface area contributed by atoms with E-state index in [1.165, 1.54) is 23.5 Å². The van der Waals surface area contributed by atoms with Gasteiger partial charge in [0.15, 0.2) is 0 Å². The Balaban J connectivity index is 1.80. The van der Waals surface area contributed by atoms with Crippen molar-refractivity contribution in [2.24, 2.45) is 0 Å². The van der Waals surface area contributed by atoms with Crippen LogP contribution >= 0.6 is 11.3 Å². The second-order valence-electron chi connectivity index (χ2n) is 4.18. The molecule has 1 unspecified atom stereocenters. The zero-order valence-corrected chi connectivity index (χ0v) is 11.0. The minimum Gasteiger partial charge on any atom is -0.387 e. The zero-order valence-electron chi connectivity index (χ0n) is 10.2. The van der Waals surface area contributed by atoms with Crippen molar-refractivity contribution in [3.05, 3.63) is 58.0 Å². The average molecular weight is 279 g/mol. The highest BCUT2D eigenvalue weighted by Crippen LogP contribution is 2.15. The van der Waals surface area contributed by atoms with Gasteiger partial charge in [0.1, 0.15) is 5.82 Å². The number of halogens is 1. The van der Waals surface area contributed by atoms with E-state index in [4.69, 9.17) is 0 Å². The fourth-order valence-corrected chi connectivity index (χ4v) is 2.35. The number of thiophene rings is 1. The third kappa shape index (κ3) is 4.15. The lowest BCUT2D eigenvalue weighted by atomic mass is 10.1. The lowest BCUT2D eigenvalue weighted by molar-refractivity contribution is -0.120. The Labute approximate surface area is 114 Å². The van der Waals surface area contributed by atoms with Crippen molar-refractivity contribution in [1.29, 1.82) is 0 Å². The van der Waals surface area contributed by atoms with Crippen LogP contribution in [0.2, 0.25) is 0 Å². The molecule has 5 heteroatoms. The monoisotopic (exact) mass is 279 g/mol. The fourth-order valence-electron chi connectivity index (χ4n) is 1.64. The molecule has 0 radical (unpaired) electrons. The summed E-state index contributed by atoms with van der Waals surface area (Å²) in [5.74, 6) is -0.516. The van der Waals surface area contributed by atoms with Crippen LogP contribution in [-0.4, -0.2) is 17.6 Å². The molecule has 0 spiro atoms. The molecule has 1 heterocycles. The summed E-state index contributed by atoms with van der Waals surface area (Å²) in [4.78, 5) is 11.7. The Morgan fingerprint density at radius 1 is 1.32 bits per heavy atom. The van der Waals surface area contributed by atoms with Crippen LogP contribution in [0.3, 0.4) is 0 Å². The topological polar surface area (TPSA) is 49.3 Å². The van der Waals surface area contributed by atoms with Gasteiger partial charge in [-0.1, -0.05) is 12.1 Å². The van der Waals surface area contributed by atoms with Crippen LogP contribution < -0.4 is 5.32 Å². The maximum absolute atomic E-state index is 12.7. The summed E-state index contributed by atoms with van der Waals surface area (Å²) in [5, 5.41) is 16.2. The molecule has 3 nitrogen and oxygen atoms in total. The molecule has 2 aromatic rings. The van der Waals surface area contributed by atoms with Crippen molar-refractivity contribution in [3.63, 3.8) is 0 Å². The molecule has 0 aliphatic carbocycles. The van der Waals surface area contributed by atoms with Crippen LogP contribution in [0.25, 0.3) is 0 Å². The fraction of sp³-hybridized carbons (Fsp3) is 0.214. The Bertz CT molecular complexity index is 525. The Hall–Kier alpha value is -1.72. The first-order chi connectivity index (χ1) is 9.15. The predicted molar refractivity (Wildman–Crippen MR) is 72.4 cm³/mol. The maximum atomic E-state index is 12.7. The SMILES string of the molecule is O=C(Cc1ccc(F)cc1)NCC(O)c1ccsc1. The van der Waals surface area contributed by atoms with Gasteiger partial charge in [0.2, 0.25) is 5.91 Å². The summed E-state index contributed by atoms with van der Waals surface area (Å²) in [5.41, 5.74) is 1.54. The van der Waals surface area contributed by atoms with Crippen LogP contribution in [0.1, 0.15) is 17.2 Å². The molecule has 1 amide bonds. The van der Waals surface area contributed by atoms with E-state index in [1.807, 2.05) is 16.8 Å². The zero-order chi connectivity index (χ0) is 13.7. The summed E-state index contributed by atoms with van der Waals surface area (Å²) in [6.45, 7) is 0.177. The summed E-state index contributed by atoms with van der Waals surface area (Å²) in [6.07, 6.45) is -0.514. The summed E-state index contributed by atoms with van der Waals surface area (Å²) >= 11 is 1.50. The summed E-state index contributed by atoms with van der Waals surface area (Å²) < 4.78 is 12.7. The molecule has 2 rings (SSSR count). The molecule has 100 valence electrons. The molecule has 0 fully saturated rings. The van der Waals surface area contributed by atoms with Gasteiger partial charge in [-0.25, -0.2) is 4.39 Å². The first-order valence-electron chi connectivity index (χ1n) is 5.86. The standard InChI is InChI=1S/C14H14FNO2S/c15-12-3-1-10(2-4-12)7-14(18)16-8-13(17)11-5-6-19-9-11/h1-6,9,13,17H,7-8H2,(H,16,18). The van der Waals surface area contributed by atoms with E-state index in [2.05, 4.69) is 5.32 Å². The lowest BCUT2D eigenvalue weighted by Gasteiger charge is -2.10. The summed E-state index contributed by atoms with van der Waals surface area (Å²) in [6, 6.07) is 7.61. The molecule has 0 bridgehead atoms. The quantitative estimate of drug-likeness (QED) is 0.882. The highest BCUT2D eigenvalue weighted by molar-refractivity contribution is 7.07. The van der Waals surface area contributed by atoms with E-state index < -0.39 is 6.10 Å². The van der Waals surface area contributed by atoms with Crippen LogP contribution in [0.5, 0.6) is 0 Å². The van der Waals surface area contributed by atoms with E-state index in [1.54, 1.807) is 12.1 Å². The largest absolute Gasteiger partial charge is 0.387 e. The number of hydrogen-bond acceptors (Lipinski definition) is 3. The maximum Gasteiger partial charge on any atom is 0.224 e. The predicted octanol–water partition coefficient (Wildman–Crippen LogP) is 2.28. The van der Waals surface area contributed by atoms with Crippen LogP contribution in [-0.2, 0) is 11.2 Å². The van der Waals surface area contributed by atoms with Gasteiger partial charge in [0.25, 0.3) is 0 Å². The molecule has 19 heavy (non-hydrogen) atoms. The van der Waals surface area contributed by atoms with E-state index in [0.717, 1.165) is 11.1 Å². The molecule has 1 aromatic carbocycles. The molecular weight excluding hydrogens is 265 g/mol. The first-order valence-corrected chi connectivity index (χ1v) is 6.81. The van der Waals surface area contributed by atoms with Crippen LogP contribution in [0.15, 0.2) is 41.1 Å². The minimum atomic E-state index is -0.691. The normalized spacial score (nSPS) is 12.1. The van der Waals surface area contributed by atoms with Gasteiger partial charge in [-0.2, -0.15) is 11.3 Å². The third-order valence-corrected chi connectivity index (χ3v) is 3.40. The van der Waals surface area contributed by atoms with Crippen molar-refractivity contribution >= 4 is 17.2 Å². The third-order valence-electron chi connectivity index (χ3n) is 2.70. The number of hydrogen-bond donors (Lipinski definition) is 2. The molecular formula is C14H14FNO2S. The smallest absolute Gasteiger partial charge is 0.224 e. The number of benzene rings is 1. The van der Waals surface area contributed by atoms with Gasteiger partial charge in [-0.05, 0) is 40.1 Å². The molecule has 0 aliphatic rings. The van der Waals surface area contributed by atoms with Gasteiger partial charge in [0.05, 0.1) is 12.5 Å². The number of nitrogens with one attached hydrogen (secondary N) is 1. The Morgan fingerprint density at radius 2 is 2.05 bits per heavy atom. The van der Waals surface area contributed by atoms with E-state index in [0.29, 0.717) is 0 Å². The van der Waals surface area contributed by atoms with E-state index in [-0.39, 0.29) is 24.7 Å². The molecule has 0 saturated carbocycles. The molecule has 1 atom stereocenters. The highest BCUT2D eigenvalue weighted by Gasteiger charge is 2.10. The molecule has 1 aromatic heterocycles. The average Bonchev–Trinajstić information content (AvgIpc) is 2.93. The van der Waals surface area contributed by atoms with Crippen LogP contribution in [0.4, 0.5) is 4.39 Å². The van der Waals surface area contributed by atoms with Crippen molar-refractivity contribution < 1.29 is 14.3 Å². The van der Waals surface area contributed by atoms with Gasteiger partial charge >= 0.3 is 0 Å². The number of amides is 1. The van der Waals surface area contributed by atoms with Gasteiger partial charge in [-0.3, -0.25) is 4.79 Å². The van der Waals surface area contributed by atoms with Crippen molar-refractivity contribution in [3.8, 4) is 0 Å². The second-order valence-corrected chi connectivity index (χ2v) is 4.96. The van der Waals surface area contributed by atoms with Crippen molar-refractivity contribution in [2.45, 2.75) is 12.5 Å². The van der Waals surface area contributed by atoms with E-state index >= 15 is 0 Å². The van der Waals surface area contributed by atoms with Crippen molar-refractivity contribution in [2.75, 3.05) is 6.54 Å². The van der Waals surface area contributed by atoms with E-state index in [9.17, 15) is 14.3 Å². The van der Waals surface area contributed by atoms with Gasteiger partial charge < -0.3 is 10.4 Å². The number of carbonyl (C=O) groups excluding carboxylic acids is 1. The molecule has 0 aliphatic heterocycles. The lowest BCUT2D eigenvalue weighted by Crippen LogP contribution is -2.29. The number of aliphatic hydroxyl groups is 1. The van der Waals surface area contributed by atoms with Crippen LogP contribution in [0, 0.1) is 5.82 Å². The first kappa shape index (κ1) is 13.7. The number of carbonyl (C=O) groups is 1. The number of rotatable bonds is 5. The molecule has 0 saturated heterocycles. The molecule has 2 N–H and O–H groups in total. The second kappa shape index (κ2) is 6.45. The Morgan fingerprint density at radius 3 is 2.68 bits per heavy atom. The van der Waals surface area contributed by atoms with Gasteiger partial charge in [0, 0.05) is 6.54 Å². The highest BCUT2D eigenvalue weighted by atomic mass is 32.1. The minimum absolute atomic E-state index is 0.177. The number of aliphatic hydroxyl groups excluding tert-OH is 1. The summed E-state index contributed by atoms with van der Waals surface area (Å²) in [7, 11) is 0. The Kier molecular flexibility index (Phi) is 4.65. The van der Waals surface area contributed by atoms with Crippen molar-refractivity contribution in [1.82, 2.24) is 5.32 Å².